The predicted molar refractivity (Wildman–Crippen MR) is 78.5 cm³/mol. The van der Waals surface area contributed by atoms with Gasteiger partial charge in [0.15, 0.2) is 11.5 Å². The third kappa shape index (κ3) is 3.31. The number of ether oxygens (including phenoxy) is 2. The average molecular weight is 321 g/mol. The molecule has 0 aliphatic carbocycles. The summed E-state index contributed by atoms with van der Waals surface area (Å²) in [6.07, 6.45) is 0. The van der Waals surface area contributed by atoms with E-state index in [1.54, 1.807) is 18.0 Å². The SMILES string of the molecule is CN(Cc1n[nH]c(=O)[nH]1)Cc1cc2c(cc1[N+](=O)[O-])OCCO2. The summed E-state index contributed by atoms with van der Waals surface area (Å²) < 4.78 is 10.8. The van der Waals surface area contributed by atoms with E-state index in [0.717, 1.165) is 0 Å². The Morgan fingerprint density at radius 1 is 1.30 bits per heavy atom. The van der Waals surface area contributed by atoms with Crippen LogP contribution >= 0.6 is 0 Å². The highest BCUT2D eigenvalue weighted by Crippen LogP contribution is 2.37. The van der Waals surface area contributed by atoms with Crippen LogP contribution in [0.4, 0.5) is 5.69 Å². The summed E-state index contributed by atoms with van der Waals surface area (Å²) in [4.78, 5) is 26.2. The molecule has 10 heteroatoms. The Hall–Kier alpha value is -2.88. The Bertz CT molecular complexity index is 783. The van der Waals surface area contributed by atoms with Gasteiger partial charge in [-0.1, -0.05) is 0 Å². The van der Waals surface area contributed by atoms with Crippen LogP contribution in [0.5, 0.6) is 11.5 Å². The lowest BCUT2D eigenvalue weighted by Crippen LogP contribution is -2.20. The number of hydrogen-bond acceptors (Lipinski definition) is 7. The first-order valence-corrected chi connectivity index (χ1v) is 6.92. The van der Waals surface area contributed by atoms with Crippen LogP contribution in [0.3, 0.4) is 0 Å². The van der Waals surface area contributed by atoms with Crippen molar-refractivity contribution in [1.29, 1.82) is 0 Å². The number of fused-ring (bicyclic) bond motifs is 1. The fourth-order valence-corrected chi connectivity index (χ4v) is 2.40. The normalized spacial score (nSPS) is 13.3. The number of benzene rings is 1. The van der Waals surface area contributed by atoms with Gasteiger partial charge in [0.25, 0.3) is 5.69 Å². The number of hydrogen-bond donors (Lipinski definition) is 2. The molecule has 10 nitrogen and oxygen atoms in total. The molecular weight excluding hydrogens is 306 g/mol. The highest BCUT2D eigenvalue weighted by atomic mass is 16.6. The molecule has 23 heavy (non-hydrogen) atoms. The van der Waals surface area contributed by atoms with Crippen LogP contribution in [-0.2, 0) is 13.1 Å². The Kier molecular flexibility index (Phi) is 3.98. The molecule has 1 aromatic heterocycles. The number of nitrogens with zero attached hydrogens (tertiary/aromatic N) is 3. The molecule has 0 unspecified atom stereocenters. The maximum Gasteiger partial charge on any atom is 0.340 e. The zero-order valence-corrected chi connectivity index (χ0v) is 12.4. The second-order valence-corrected chi connectivity index (χ2v) is 5.18. The van der Waals surface area contributed by atoms with Gasteiger partial charge >= 0.3 is 5.69 Å². The van der Waals surface area contributed by atoms with E-state index in [4.69, 9.17) is 9.47 Å². The van der Waals surface area contributed by atoms with Crippen molar-refractivity contribution in [2.45, 2.75) is 13.1 Å². The molecule has 1 aliphatic rings. The van der Waals surface area contributed by atoms with E-state index in [1.165, 1.54) is 6.07 Å². The van der Waals surface area contributed by atoms with Crippen molar-refractivity contribution >= 4 is 5.69 Å². The minimum Gasteiger partial charge on any atom is -0.486 e. The zero-order valence-electron chi connectivity index (χ0n) is 12.4. The van der Waals surface area contributed by atoms with Gasteiger partial charge in [-0.15, -0.1) is 0 Å². The molecule has 0 fully saturated rings. The topological polar surface area (TPSA) is 126 Å². The smallest absolute Gasteiger partial charge is 0.340 e. The molecule has 1 aromatic carbocycles. The molecule has 2 N–H and O–H groups in total. The number of nitro benzene ring substituents is 1. The maximum atomic E-state index is 11.3. The van der Waals surface area contributed by atoms with Crippen LogP contribution in [0.2, 0.25) is 0 Å². The molecule has 3 rings (SSSR count). The summed E-state index contributed by atoms with van der Waals surface area (Å²) in [5.74, 6) is 1.34. The first-order chi connectivity index (χ1) is 11.0. The summed E-state index contributed by atoms with van der Waals surface area (Å²) in [5.41, 5.74) is 0.0787. The predicted octanol–water partition coefficient (Wildman–Crippen LogP) is 0.409. The van der Waals surface area contributed by atoms with Crippen molar-refractivity contribution in [3.63, 3.8) is 0 Å². The monoisotopic (exact) mass is 321 g/mol. The Balaban J connectivity index is 1.82. The lowest BCUT2D eigenvalue weighted by atomic mass is 10.1. The van der Waals surface area contributed by atoms with Gasteiger partial charge in [-0.3, -0.25) is 20.0 Å². The van der Waals surface area contributed by atoms with Crippen LogP contribution in [0, 0.1) is 10.1 Å². The number of H-pyrrole nitrogens is 2. The first-order valence-electron chi connectivity index (χ1n) is 6.92. The van der Waals surface area contributed by atoms with Crippen molar-refractivity contribution in [2.24, 2.45) is 0 Å². The van der Waals surface area contributed by atoms with E-state index in [0.29, 0.717) is 49.2 Å². The molecule has 0 spiro atoms. The summed E-state index contributed by atoms with van der Waals surface area (Å²) in [6, 6.07) is 3.00. The van der Waals surface area contributed by atoms with Crippen molar-refractivity contribution in [3.8, 4) is 11.5 Å². The van der Waals surface area contributed by atoms with Crippen LogP contribution < -0.4 is 15.2 Å². The summed E-state index contributed by atoms with van der Waals surface area (Å²) >= 11 is 0. The van der Waals surface area contributed by atoms with Gasteiger partial charge in [-0.25, -0.2) is 9.89 Å². The second kappa shape index (κ2) is 6.08. The number of rotatable bonds is 5. The average Bonchev–Trinajstić information content (AvgIpc) is 2.91. The van der Waals surface area contributed by atoms with Gasteiger partial charge < -0.3 is 9.47 Å². The Morgan fingerprint density at radius 3 is 2.61 bits per heavy atom. The number of aromatic amines is 2. The highest BCUT2D eigenvalue weighted by Gasteiger charge is 2.23. The number of nitrogens with one attached hydrogen (secondary N) is 2. The molecule has 2 heterocycles. The third-order valence-electron chi connectivity index (χ3n) is 3.35. The number of aromatic nitrogens is 3. The fourth-order valence-electron chi connectivity index (χ4n) is 2.40. The molecule has 0 bridgehead atoms. The fraction of sp³-hybridized carbons (Fsp3) is 0.385. The Labute approximate surface area is 130 Å². The van der Waals surface area contributed by atoms with Crippen LogP contribution in [-0.4, -0.2) is 45.3 Å². The van der Waals surface area contributed by atoms with Gasteiger partial charge in [0.1, 0.15) is 19.0 Å². The van der Waals surface area contributed by atoms with Crippen LogP contribution in [0.15, 0.2) is 16.9 Å². The summed E-state index contributed by atoms with van der Waals surface area (Å²) in [5, 5.41) is 17.4. The second-order valence-electron chi connectivity index (χ2n) is 5.18. The molecule has 2 aromatic rings. The number of nitro groups is 1. The van der Waals surface area contributed by atoms with Gasteiger partial charge in [0.05, 0.1) is 17.5 Å². The molecule has 0 radical (unpaired) electrons. The molecule has 0 saturated carbocycles. The lowest BCUT2D eigenvalue weighted by molar-refractivity contribution is -0.385. The lowest BCUT2D eigenvalue weighted by Gasteiger charge is -2.20. The van der Waals surface area contributed by atoms with E-state index < -0.39 is 10.6 Å². The van der Waals surface area contributed by atoms with E-state index in [9.17, 15) is 14.9 Å². The highest BCUT2D eigenvalue weighted by molar-refractivity contribution is 5.54. The molecule has 1 aliphatic heterocycles. The van der Waals surface area contributed by atoms with Crippen LogP contribution in [0.25, 0.3) is 0 Å². The van der Waals surface area contributed by atoms with Gasteiger partial charge in [-0.05, 0) is 13.1 Å². The largest absolute Gasteiger partial charge is 0.486 e. The summed E-state index contributed by atoms with van der Waals surface area (Å²) in [7, 11) is 1.77. The van der Waals surface area contributed by atoms with Gasteiger partial charge in [0, 0.05) is 12.1 Å². The summed E-state index contributed by atoms with van der Waals surface area (Å²) in [6.45, 7) is 1.41. The van der Waals surface area contributed by atoms with Crippen molar-refractivity contribution < 1.29 is 14.4 Å². The van der Waals surface area contributed by atoms with Crippen LogP contribution in [0.1, 0.15) is 11.4 Å². The molecule has 0 atom stereocenters. The molecule has 0 amide bonds. The van der Waals surface area contributed by atoms with E-state index >= 15 is 0 Å². The van der Waals surface area contributed by atoms with E-state index in [-0.39, 0.29) is 5.69 Å². The molecule has 122 valence electrons. The maximum absolute atomic E-state index is 11.3. The minimum absolute atomic E-state index is 0.0309. The van der Waals surface area contributed by atoms with Crippen molar-refractivity contribution in [1.82, 2.24) is 20.1 Å². The van der Waals surface area contributed by atoms with E-state index in [1.807, 2.05) is 0 Å². The quantitative estimate of drug-likeness (QED) is 0.603. The third-order valence-corrected chi connectivity index (χ3v) is 3.35. The van der Waals surface area contributed by atoms with Crippen molar-refractivity contribution in [2.75, 3.05) is 20.3 Å². The van der Waals surface area contributed by atoms with Crippen molar-refractivity contribution in [3.05, 3.63) is 44.1 Å². The van der Waals surface area contributed by atoms with E-state index in [2.05, 4.69) is 15.2 Å². The minimum atomic E-state index is -0.447. The van der Waals surface area contributed by atoms with Gasteiger partial charge in [-0.2, -0.15) is 5.10 Å². The molecule has 0 saturated heterocycles. The Morgan fingerprint density at radius 2 is 2.00 bits per heavy atom. The van der Waals surface area contributed by atoms with Gasteiger partial charge in [0.2, 0.25) is 0 Å². The first kappa shape index (κ1) is 15.0. The standard InChI is InChI=1S/C13H15N5O5/c1-17(7-12-14-13(19)16-15-12)6-8-4-10-11(23-3-2-22-10)5-9(8)18(20)21/h4-5H,2-3,6-7H2,1H3,(H2,14,15,16,19). The zero-order chi connectivity index (χ0) is 16.4. The molecular formula is C13H15N5O5.